The lowest BCUT2D eigenvalue weighted by molar-refractivity contribution is -0.135. The molecular formula is C26H38N8O3. The zero-order chi connectivity index (χ0) is 27.7. The molecule has 11 heteroatoms. The van der Waals surface area contributed by atoms with E-state index in [4.69, 9.17) is 5.73 Å². The van der Waals surface area contributed by atoms with Crippen molar-refractivity contribution in [3.05, 3.63) is 53.4 Å². The summed E-state index contributed by atoms with van der Waals surface area (Å²) in [4.78, 5) is 50.8. The zero-order valence-electron chi connectivity index (χ0n) is 22.7. The third kappa shape index (κ3) is 8.57. The van der Waals surface area contributed by atoms with Crippen molar-refractivity contribution in [2.75, 3.05) is 58.5 Å². The van der Waals surface area contributed by atoms with Gasteiger partial charge in [0, 0.05) is 46.0 Å². The number of nitrogens with one attached hydrogen (secondary N) is 2. The van der Waals surface area contributed by atoms with Gasteiger partial charge < -0.3 is 31.1 Å². The molecule has 1 aromatic heterocycles. The summed E-state index contributed by atoms with van der Waals surface area (Å²) >= 11 is 0. The van der Waals surface area contributed by atoms with E-state index in [2.05, 4.69) is 20.6 Å². The standard InChI is InChI=1S/C26H38N8O3/c1-17-25(33(5)6)31-24(22(29-17)23(27)36)30-20-11-8-10-19(16-20)13-14-28-26(37)18(2)34(7)21(35)12-9-15-32(3)4/h8-12,16,18H,13-15H2,1-7H3,(H2,27,36)(H,28,37)(H,30,31)/b12-9+/t18-/m0/s1. The van der Waals surface area contributed by atoms with Crippen molar-refractivity contribution in [1.82, 2.24) is 25.1 Å². The average Bonchev–Trinajstić information content (AvgIpc) is 2.83. The van der Waals surface area contributed by atoms with Gasteiger partial charge in [0.15, 0.2) is 17.3 Å². The Bertz CT molecular complexity index is 1150. The molecule has 0 fully saturated rings. The molecule has 200 valence electrons. The van der Waals surface area contributed by atoms with E-state index in [1.165, 1.54) is 11.0 Å². The molecule has 11 nitrogen and oxygen atoms in total. The second-order valence-electron chi connectivity index (χ2n) is 9.24. The normalized spacial score (nSPS) is 11.9. The number of carbonyl (C=O) groups excluding carboxylic acids is 3. The SMILES string of the molecule is Cc1nc(C(N)=O)c(Nc2cccc(CCNC(=O)[C@H](C)N(C)C(=O)/C=C/CN(C)C)c2)nc1N(C)C. The first-order chi connectivity index (χ1) is 17.4. The monoisotopic (exact) mass is 510 g/mol. The molecule has 0 aliphatic carbocycles. The van der Waals surface area contributed by atoms with Crippen LogP contribution in [0.2, 0.25) is 0 Å². The van der Waals surface area contributed by atoms with Gasteiger partial charge in [-0.05, 0) is 52.1 Å². The van der Waals surface area contributed by atoms with E-state index in [-0.39, 0.29) is 23.3 Å². The molecule has 1 aromatic carbocycles. The summed E-state index contributed by atoms with van der Waals surface area (Å²) in [5.41, 5.74) is 7.85. The van der Waals surface area contributed by atoms with Crippen LogP contribution in [-0.2, 0) is 16.0 Å². The van der Waals surface area contributed by atoms with Gasteiger partial charge in [0.05, 0.1) is 5.69 Å². The van der Waals surface area contributed by atoms with Crippen LogP contribution in [0.1, 0.15) is 28.7 Å². The number of nitrogens with two attached hydrogens (primary N) is 1. The Morgan fingerprint density at radius 2 is 1.81 bits per heavy atom. The van der Waals surface area contributed by atoms with Gasteiger partial charge >= 0.3 is 0 Å². The number of amides is 3. The van der Waals surface area contributed by atoms with Crippen molar-refractivity contribution in [3.63, 3.8) is 0 Å². The highest BCUT2D eigenvalue weighted by molar-refractivity contribution is 5.96. The molecule has 0 unspecified atom stereocenters. The molecule has 4 N–H and O–H groups in total. The van der Waals surface area contributed by atoms with E-state index in [1.54, 1.807) is 27.0 Å². The Balaban J connectivity index is 2.01. The van der Waals surface area contributed by atoms with Gasteiger partial charge in [-0.25, -0.2) is 9.97 Å². The number of hydrogen-bond acceptors (Lipinski definition) is 8. The molecule has 0 aliphatic rings. The van der Waals surface area contributed by atoms with Crippen LogP contribution in [0.15, 0.2) is 36.4 Å². The quantitative estimate of drug-likeness (QED) is 0.364. The molecule has 0 spiro atoms. The summed E-state index contributed by atoms with van der Waals surface area (Å²) in [5.74, 6) is -0.239. The van der Waals surface area contributed by atoms with Crippen molar-refractivity contribution >= 4 is 35.0 Å². The third-order valence-electron chi connectivity index (χ3n) is 5.64. The van der Waals surface area contributed by atoms with Gasteiger partial charge in [0.25, 0.3) is 5.91 Å². The molecule has 37 heavy (non-hydrogen) atoms. The van der Waals surface area contributed by atoms with Crippen molar-refractivity contribution < 1.29 is 14.4 Å². The minimum absolute atomic E-state index is 0.0602. The number of benzene rings is 1. The number of likely N-dealkylation sites (N-methyl/N-ethyl adjacent to an activating group) is 2. The molecule has 0 saturated heterocycles. The molecule has 0 aliphatic heterocycles. The van der Waals surface area contributed by atoms with Crippen molar-refractivity contribution in [1.29, 1.82) is 0 Å². The van der Waals surface area contributed by atoms with Crippen LogP contribution in [-0.4, -0.2) is 91.9 Å². The minimum Gasteiger partial charge on any atom is -0.364 e. The van der Waals surface area contributed by atoms with E-state index in [0.717, 1.165) is 5.56 Å². The first-order valence-corrected chi connectivity index (χ1v) is 12.0. The minimum atomic E-state index is -0.673. The van der Waals surface area contributed by atoms with Crippen molar-refractivity contribution in [2.24, 2.45) is 5.73 Å². The zero-order valence-corrected chi connectivity index (χ0v) is 22.7. The predicted octanol–water partition coefficient (Wildman–Crippen LogP) is 1.32. The Labute approximate surface area is 218 Å². The molecule has 0 radical (unpaired) electrons. The van der Waals surface area contributed by atoms with Gasteiger partial charge in [0.2, 0.25) is 11.8 Å². The lowest BCUT2D eigenvalue weighted by Gasteiger charge is -2.23. The van der Waals surface area contributed by atoms with E-state index >= 15 is 0 Å². The van der Waals surface area contributed by atoms with Gasteiger partial charge in [0.1, 0.15) is 6.04 Å². The number of primary amides is 1. The Morgan fingerprint density at radius 1 is 1.11 bits per heavy atom. The van der Waals surface area contributed by atoms with E-state index in [0.29, 0.717) is 36.7 Å². The Kier molecular flexibility index (Phi) is 10.6. The molecule has 1 heterocycles. The van der Waals surface area contributed by atoms with Crippen molar-refractivity contribution in [3.8, 4) is 0 Å². The van der Waals surface area contributed by atoms with Crippen LogP contribution in [0, 0.1) is 6.92 Å². The average molecular weight is 511 g/mol. The van der Waals surface area contributed by atoms with Gasteiger partial charge in [-0.1, -0.05) is 18.2 Å². The van der Waals surface area contributed by atoms with Gasteiger partial charge in [-0.2, -0.15) is 0 Å². The molecular weight excluding hydrogens is 472 g/mol. The first-order valence-electron chi connectivity index (χ1n) is 12.0. The second-order valence-corrected chi connectivity index (χ2v) is 9.24. The van der Waals surface area contributed by atoms with E-state index in [1.807, 2.05) is 62.3 Å². The van der Waals surface area contributed by atoms with Crippen LogP contribution in [0.5, 0.6) is 0 Å². The van der Waals surface area contributed by atoms with Crippen LogP contribution >= 0.6 is 0 Å². The number of nitrogens with zero attached hydrogens (tertiary/aromatic N) is 5. The molecule has 2 rings (SSSR count). The Hall–Kier alpha value is -3.99. The maximum Gasteiger partial charge on any atom is 0.271 e. The summed E-state index contributed by atoms with van der Waals surface area (Å²) in [6, 6.07) is 6.95. The maximum atomic E-state index is 12.6. The number of hydrogen-bond donors (Lipinski definition) is 3. The number of aryl methyl sites for hydroxylation is 1. The second kappa shape index (κ2) is 13.4. The molecule has 0 bridgehead atoms. The smallest absolute Gasteiger partial charge is 0.271 e. The topological polar surface area (TPSA) is 137 Å². The summed E-state index contributed by atoms with van der Waals surface area (Å²) in [6.45, 7) is 4.50. The molecule has 1 atom stereocenters. The summed E-state index contributed by atoms with van der Waals surface area (Å²) in [5, 5.41) is 6.03. The maximum absolute atomic E-state index is 12.6. The predicted molar refractivity (Wildman–Crippen MR) is 146 cm³/mol. The van der Waals surface area contributed by atoms with Crippen LogP contribution in [0.3, 0.4) is 0 Å². The lowest BCUT2D eigenvalue weighted by Crippen LogP contribution is -2.45. The van der Waals surface area contributed by atoms with Gasteiger partial charge in [-0.15, -0.1) is 0 Å². The number of aromatic nitrogens is 2. The fourth-order valence-corrected chi connectivity index (χ4v) is 3.46. The van der Waals surface area contributed by atoms with Crippen LogP contribution in [0.4, 0.5) is 17.3 Å². The highest BCUT2D eigenvalue weighted by atomic mass is 16.2. The third-order valence-corrected chi connectivity index (χ3v) is 5.64. The van der Waals surface area contributed by atoms with Crippen LogP contribution < -0.4 is 21.3 Å². The molecule has 3 amide bonds. The summed E-state index contributed by atoms with van der Waals surface area (Å²) in [6.07, 6.45) is 3.81. The van der Waals surface area contributed by atoms with E-state index < -0.39 is 11.9 Å². The molecule has 0 saturated carbocycles. The fourth-order valence-electron chi connectivity index (χ4n) is 3.46. The summed E-state index contributed by atoms with van der Waals surface area (Å²) < 4.78 is 0. The number of carbonyl (C=O) groups is 3. The Morgan fingerprint density at radius 3 is 2.43 bits per heavy atom. The van der Waals surface area contributed by atoms with Crippen LogP contribution in [0.25, 0.3) is 0 Å². The lowest BCUT2D eigenvalue weighted by atomic mass is 10.1. The highest BCUT2D eigenvalue weighted by Gasteiger charge is 2.21. The van der Waals surface area contributed by atoms with E-state index in [9.17, 15) is 14.4 Å². The largest absolute Gasteiger partial charge is 0.364 e. The van der Waals surface area contributed by atoms with Crippen molar-refractivity contribution in [2.45, 2.75) is 26.3 Å². The van der Waals surface area contributed by atoms with Gasteiger partial charge in [-0.3, -0.25) is 14.4 Å². The first kappa shape index (κ1) is 29.2. The highest BCUT2D eigenvalue weighted by Crippen LogP contribution is 2.23. The number of rotatable bonds is 12. The summed E-state index contributed by atoms with van der Waals surface area (Å²) in [7, 11) is 9.12. The molecule has 2 aromatic rings. The fraction of sp³-hybridized carbons (Fsp3) is 0.423. The number of anilines is 3.